The van der Waals surface area contributed by atoms with E-state index in [0.717, 1.165) is 29.3 Å². The zero-order valence-corrected chi connectivity index (χ0v) is 17.8. The summed E-state index contributed by atoms with van der Waals surface area (Å²) in [6.07, 6.45) is 1.66. The first kappa shape index (κ1) is 20.5. The zero-order chi connectivity index (χ0) is 21.1. The Balaban J connectivity index is 1.29. The predicted octanol–water partition coefficient (Wildman–Crippen LogP) is 4.63. The summed E-state index contributed by atoms with van der Waals surface area (Å²) in [6, 6.07) is 17.3. The fraction of sp³-hybridized carbons (Fsp3) is 0.333. The molecule has 0 unspecified atom stereocenters. The number of likely N-dealkylation sites (tertiary alicyclic amines) is 1. The molecular weight excluding hydrogens is 398 g/mol. The summed E-state index contributed by atoms with van der Waals surface area (Å²) in [6.45, 7) is 3.80. The number of aromatic nitrogens is 1. The molecule has 0 bridgehead atoms. The van der Waals surface area contributed by atoms with Crippen molar-refractivity contribution >= 4 is 34.3 Å². The predicted molar refractivity (Wildman–Crippen MR) is 119 cm³/mol. The first-order valence-corrected chi connectivity index (χ1v) is 10.8. The van der Waals surface area contributed by atoms with Crippen molar-refractivity contribution in [3.05, 3.63) is 70.9 Å². The second-order valence-corrected chi connectivity index (χ2v) is 8.47. The van der Waals surface area contributed by atoms with E-state index >= 15 is 0 Å². The SMILES string of the molecule is C[C@@H](C(=O)NCc1cccc(Cl)c1)C1CCN(C(=O)c2cc3ccccc3[nH]2)CC1. The van der Waals surface area contributed by atoms with Gasteiger partial charge in [-0.1, -0.05) is 48.9 Å². The van der Waals surface area contributed by atoms with Gasteiger partial charge in [-0.15, -0.1) is 0 Å². The molecule has 2 heterocycles. The number of hydrogen-bond donors (Lipinski definition) is 2. The number of H-pyrrole nitrogens is 1. The Morgan fingerprint density at radius 2 is 1.90 bits per heavy atom. The molecule has 1 atom stereocenters. The van der Waals surface area contributed by atoms with Gasteiger partial charge >= 0.3 is 0 Å². The van der Waals surface area contributed by atoms with Crippen molar-refractivity contribution in [3.63, 3.8) is 0 Å². The van der Waals surface area contributed by atoms with Gasteiger partial charge in [0, 0.05) is 41.5 Å². The Bertz CT molecular complexity index is 1020. The van der Waals surface area contributed by atoms with E-state index in [0.29, 0.717) is 30.4 Å². The quantitative estimate of drug-likeness (QED) is 0.628. The van der Waals surface area contributed by atoms with Crippen LogP contribution in [0.3, 0.4) is 0 Å². The Hall–Kier alpha value is -2.79. The average Bonchev–Trinajstić information content (AvgIpc) is 3.21. The minimum Gasteiger partial charge on any atom is -0.352 e. The van der Waals surface area contributed by atoms with Gasteiger partial charge in [-0.2, -0.15) is 0 Å². The number of carbonyl (C=O) groups excluding carboxylic acids is 2. The van der Waals surface area contributed by atoms with Gasteiger partial charge in [0.2, 0.25) is 5.91 Å². The van der Waals surface area contributed by atoms with Crippen LogP contribution in [0.15, 0.2) is 54.6 Å². The smallest absolute Gasteiger partial charge is 0.270 e. The van der Waals surface area contributed by atoms with E-state index in [1.807, 2.05) is 66.4 Å². The molecule has 0 radical (unpaired) electrons. The highest BCUT2D eigenvalue weighted by Gasteiger charge is 2.30. The summed E-state index contributed by atoms with van der Waals surface area (Å²) < 4.78 is 0. The molecule has 1 aliphatic heterocycles. The minimum atomic E-state index is -0.0884. The second-order valence-electron chi connectivity index (χ2n) is 8.04. The van der Waals surface area contributed by atoms with Gasteiger partial charge in [0.15, 0.2) is 0 Å². The Morgan fingerprint density at radius 3 is 2.63 bits per heavy atom. The monoisotopic (exact) mass is 423 g/mol. The number of nitrogens with one attached hydrogen (secondary N) is 2. The fourth-order valence-electron chi connectivity index (χ4n) is 4.17. The lowest BCUT2D eigenvalue weighted by atomic mass is 9.84. The normalized spacial score (nSPS) is 15.9. The molecule has 5 nitrogen and oxygen atoms in total. The van der Waals surface area contributed by atoms with E-state index in [1.165, 1.54) is 0 Å². The lowest BCUT2D eigenvalue weighted by Gasteiger charge is -2.34. The van der Waals surface area contributed by atoms with Crippen LogP contribution in [-0.2, 0) is 11.3 Å². The van der Waals surface area contributed by atoms with Gasteiger partial charge < -0.3 is 15.2 Å². The van der Waals surface area contributed by atoms with Crippen LogP contribution in [0.2, 0.25) is 5.02 Å². The maximum atomic E-state index is 12.9. The highest BCUT2D eigenvalue weighted by Crippen LogP contribution is 2.26. The lowest BCUT2D eigenvalue weighted by molar-refractivity contribution is -0.126. The van der Waals surface area contributed by atoms with E-state index in [1.54, 1.807) is 0 Å². The standard InChI is InChI=1S/C24H26ClN3O2/c1-16(23(29)26-15-17-5-4-7-20(25)13-17)18-9-11-28(12-10-18)24(30)22-14-19-6-2-3-8-21(19)27-22/h2-8,13-14,16,18,27H,9-12,15H2,1H3,(H,26,29)/t16-/m1/s1. The molecule has 2 aromatic carbocycles. The lowest BCUT2D eigenvalue weighted by Crippen LogP contribution is -2.42. The third-order valence-electron chi connectivity index (χ3n) is 6.06. The molecular formula is C24H26ClN3O2. The van der Waals surface area contributed by atoms with E-state index < -0.39 is 0 Å². The molecule has 156 valence electrons. The number of piperidine rings is 1. The summed E-state index contributed by atoms with van der Waals surface area (Å²) in [4.78, 5) is 30.6. The molecule has 0 saturated carbocycles. The number of amides is 2. The maximum Gasteiger partial charge on any atom is 0.270 e. The summed E-state index contributed by atoms with van der Waals surface area (Å²) in [5.41, 5.74) is 2.59. The third-order valence-corrected chi connectivity index (χ3v) is 6.30. The summed E-state index contributed by atoms with van der Waals surface area (Å²) in [5.74, 6) is 0.267. The molecule has 6 heteroatoms. The fourth-order valence-corrected chi connectivity index (χ4v) is 4.39. The molecule has 0 aliphatic carbocycles. The first-order valence-electron chi connectivity index (χ1n) is 10.4. The molecule has 30 heavy (non-hydrogen) atoms. The van der Waals surface area contributed by atoms with Crippen molar-refractivity contribution < 1.29 is 9.59 Å². The molecule has 2 amide bonds. The van der Waals surface area contributed by atoms with E-state index in [4.69, 9.17) is 11.6 Å². The third kappa shape index (κ3) is 4.51. The number of aromatic amines is 1. The first-order chi connectivity index (χ1) is 14.5. The number of benzene rings is 2. The van der Waals surface area contributed by atoms with Crippen molar-refractivity contribution in [2.45, 2.75) is 26.3 Å². The van der Waals surface area contributed by atoms with Gasteiger partial charge in [0.1, 0.15) is 5.69 Å². The van der Waals surface area contributed by atoms with Crippen LogP contribution in [0.4, 0.5) is 0 Å². The maximum absolute atomic E-state index is 12.9. The number of rotatable bonds is 5. The van der Waals surface area contributed by atoms with E-state index in [-0.39, 0.29) is 23.7 Å². The molecule has 3 aromatic rings. The van der Waals surface area contributed by atoms with Crippen molar-refractivity contribution in [2.75, 3.05) is 13.1 Å². The zero-order valence-electron chi connectivity index (χ0n) is 17.0. The van der Waals surface area contributed by atoms with Crippen LogP contribution in [0.1, 0.15) is 35.8 Å². The van der Waals surface area contributed by atoms with Gasteiger partial charge in [-0.3, -0.25) is 9.59 Å². The minimum absolute atomic E-state index is 0.0303. The van der Waals surface area contributed by atoms with Gasteiger partial charge in [-0.25, -0.2) is 0 Å². The number of halogens is 1. The van der Waals surface area contributed by atoms with Crippen molar-refractivity contribution in [2.24, 2.45) is 11.8 Å². The number of carbonyl (C=O) groups is 2. The van der Waals surface area contributed by atoms with Gasteiger partial charge in [0.25, 0.3) is 5.91 Å². The van der Waals surface area contributed by atoms with Crippen molar-refractivity contribution in [3.8, 4) is 0 Å². The molecule has 1 aromatic heterocycles. The number of para-hydroxylation sites is 1. The Kier molecular flexibility index (Phi) is 6.09. The number of hydrogen-bond acceptors (Lipinski definition) is 2. The number of nitrogens with zero attached hydrogens (tertiary/aromatic N) is 1. The van der Waals surface area contributed by atoms with Gasteiger partial charge in [-0.05, 0) is 48.6 Å². The van der Waals surface area contributed by atoms with Crippen molar-refractivity contribution in [1.82, 2.24) is 15.2 Å². The van der Waals surface area contributed by atoms with Crippen LogP contribution in [-0.4, -0.2) is 34.8 Å². The highest BCUT2D eigenvalue weighted by molar-refractivity contribution is 6.30. The summed E-state index contributed by atoms with van der Waals surface area (Å²) >= 11 is 6.00. The average molecular weight is 424 g/mol. The molecule has 0 spiro atoms. The van der Waals surface area contributed by atoms with Gasteiger partial charge in [0.05, 0.1) is 0 Å². The van der Waals surface area contributed by atoms with Crippen LogP contribution in [0.5, 0.6) is 0 Å². The largest absolute Gasteiger partial charge is 0.352 e. The second kappa shape index (κ2) is 8.92. The number of fused-ring (bicyclic) bond motifs is 1. The van der Waals surface area contributed by atoms with Crippen LogP contribution < -0.4 is 5.32 Å². The highest BCUT2D eigenvalue weighted by atomic mass is 35.5. The molecule has 1 aliphatic rings. The van der Waals surface area contributed by atoms with Crippen LogP contribution >= 0.6 is 11.6 Å². The topological polar surface area (TPSA) is 65.2 Å². The van der Waals surface area contributed by atoms with Crippen LogP contribution in [0, 0.1) is 11.8 Å². The Labute approximate surface area is 181 Å². The molecule has 1 fully saturated rings. The summed E-state index contributed by atoms with van der Waals surface area (Å²) in [7, 11) is 0. The van der Waals surface area contributed by atoms with Crippen LogP contribution in [0.25, 0.3) is 10.9 Å². The van der Waals surface area contributed by atoms with E-state index in [2.05, 4.69) is 10.3 Å². The molecule has 2 N–H and O–H groups in total. The molecule has 1 saturated heterocycles. The van der Waals surface area contributed by atoms with E-state index in [9.17, 15) is 9.59 Å². The Morgan fingerprint density at radius 1 is 1.13 bits per heavy atom. The molecule has 4 rings (SSSR count). The summed E-state index contributed by atoms with van der Waals surface area (Å²) in [5, 5.41) is 4.73. The van der Waals surface area contributed by atoms with Crippen molar-refractivity contribution in [1.29, 1.82) is 0 Å².